The molecule has 1 unspecified atom stereocenters. The number of aromatic nitrogens is 3. The number of ether oxygens (including phenoxy) is 2. The normalized spacial score (nSPS) is 19.7. The van der Waals surface area contributed by atoms with Crippen LogP contribution in [0.5, 0.6) is 5.75 Å². The van der Waals surface area contributed by atoms with Gasteiger partial charge < -0.3 is 9.47 Å². The Morgan fingerprint density at radius 1 is 1.24 bits per heavy atom. The number of nitrogens with zero attached hydrogens (tertiary/aromatic N) is 3. The summed E-state index contributed by atoms with van der Waals surface area (Å²) in [5.74, 6) is -0.562. The van der Waals surface area contributed by atoms with Crippen LogP contribution in [0.4, 0.5) is 4.39 Å². The van der Waals surface area contributed by atoms with Crippen LogP contribution in [0, 0.1) is 12.7 Å². The van der Waals surface area contributed by atoms with Crippen LogP contribution in [-0.4, -0.2) is 47.8 Å². The smallest absolute Gasteiger partial charge is 0.339 e. The number of hydrogen-bond acceptors (Lipinski definition) is 7. The highest BCUT2D eigenvalue weighted by Gasteiger charge is 2.34. The van der Waals surface area contributed by atoms with Crippen molar-refractivity contribution in [3.05, 3.63) is 52.6 Å². The van der Waals surface area contributed by atoms with E-state index >= 15 is 0 Å². The van der Waals surface area contributed by atoms with Crippen molar-refractivity contribution in [2.24, 2.45) is 0 Å². The predicted octanol–water partition coefficient (Wildman–Crippen LogP) is 3.48. The Labute approximate surface area is 190 Å². The first kappa shape index (κ1) is 21.8. The minimum atomic E-state index is -3.11. The van der Waals surface area contributed by atoms with Crippen LogP contribution in [0.2, 0.25) is 0 Å². The number of fused-ring (bicyclic) bond motifs is 1. The largest absolute Gasteiger partial charge is 0.494 e. The molecule has 2 aromatic heterocycles. The van der Waals surface area contributed by atoms with E-state index < -0.39 is 21.6 Å². The molecule has 33 heavy (non-hydrogen) atoms. The molecular weight excluding hydrogens is 449 g/mol. The lowest BCUT2D eigenvalue weighted by Gasteiger charge is -2.12. The Morgan fingerprint density at radius 2 is 2.03 bits per heavy atom. The zero-order chi connectivity index (χ0) is 23.3. The van der Waals surface area contributed by atoms with Crippen LogP contribution >= 0.6 is 0 Å². The number of halogens is 1. The summed E-state index contributed by atoms with van der Waals surface area (Å²) in [6.45, 7) is 1.67. The Morgan fingerprint density at radius 3 is 2.67 bits per heavy atom. The van der Waals surface area contributed by atoms with E-state index in [0.29, 0.717) is 34.3 Å². The maximum Gasteiger partial charge on any atom is 0.339 e. The third kappa shape index (κ3) is 4.19. The highest BCUT2D eigenvalue weighted by atomic mass is 32.2. The quantitative estimate of drug-likeness (QED) is 0.505. The molecule has 0 bridgehead atoms. The monoisotopic (exact) mass is 473 g/mol. The van der Waals surface area contributed by atoms with Crippen LogP contribution in [0.3, 0.4) is 0 Å². The Balaban J connectivity index is 1.49. The van der Waals surface area contributed by atoms with E-state index in [1.807, 2.05) is 0 Å². The lowest BCUT2D eigenvalue weighted by molar-refractivity contribution is 0.0474. The van der Waals surface area contributed by atoms with Crippen molar-refractivity contribution in [2.75, 3.05) is 18.6 Å². The first-order chi connectivity index (χ1) is 15.8. The fraction of sp³-hybridized carbons (Fsp3) is 0.435. The molecule has 1 atom stereocenters. The molecule has 2 fully saturated rings. The molecule has 10 heteroatoms. The number of aryl methyl sites for hydroxylation is 1. The second-order valence-corrected chi connectivity index (χ2v) is 10.9. The van der Waals surface area contributed by atoms with Crippen molar-refractivity contribution in [1.29, 1.82) is 0 Å². The Hall–Kier alpha value is -3.01. The summed E-state index contributed by atoms with van der Waals surface area (Å²) in [5, 5.41) is 5.13. The van der Waals surface area contributed by atoms with Gasteiger partial charge in [0.1, 0.15) is 6.61 Å². The van der Waals surface area contributed by atoms with Gasteiger partial charge in [0.05, 0.1) is 41.3 Å². The number of benzene rings is 1. The van der Waals surface area contributed by atoms with Crippen molar-refractivity contribution in [1.82, 2.24) is 14.8 Å². The van der Waals surface area contributed by atoms with Crippen LogP contribution in [-0.2, 0) is 21.2 Å². The molecule has 0 amide bonds. The summed E-state index contributed by atoms with van der Waals surface area (Å²) < 4.78 is 50.2. The number of esters is 1. The number of methoxy groups -OCH3 is 1. The molecule has 174 valence electrons. The lowest BCUT2D eigenvalue weighted by Crippen LogP contribution is -2.14. The zero-order valence-corrected chi connectivity index (χ0v) is 19.2. The van der Waals surface area contributed by atoms with Crippen molar-refractivity contribution in [2.45, 2.75) is 44.8 Å². The van der Waals surface area contributed by atoms with Gasteiger partial charge in [-0.05, 0) is 49.9 Å². The van der Waals surface area contributed by atoms with Gasteiger partial charge in [-0.3, -0.25) is 0 Å². The van der Waals surface area contributed by atoms with Gasteiger partial charge in [-0.25, -0.2) is 27.3 Å². The number of hydrogen-bond donors (Lipinski definition) is 0. The molecule has 1 aliphatic carbocycles. The topological polar surface area (TPSA) is 100 Å². The standard InChI is InChI=1S/C23H24FN3O5S/c1-13-21-17(23(28)32-11-14-3-6-20(31-2)18(24)9-14)10-19(15-4-5-15)25-22(21)27(26-13)16-7-8-33(29,30)12-16/h3,6,9-10,15-16H,4-5,7-8,11-12H2,1-2H3. The fourth-order valence-electron chi connectivity index (χ4n) is 4.33. The van der Waals surface area contributed by atoms with E-state index in [1.54, 1.807) is 23.7 Å². The second-order valence-electron chi connectivity index (χ2n) is 8.70. The van der Waals surface area contributed by atoms with Crippen LogP contribution in [0.1, 0.15) is 58.5 Å². The van der Waals surface area contributed by atoms with E-state index in [1.165, 1.54) is 19.2 Å². The highest BCUT2D eigenvalue weighted by Crippen LogP contribution is 2.41. The third-order valence-electron chi connectivity index (χ3n) is 6.21. The van der Waals surface area contributed by atoms with Crippen molar-refractivity contribution in [3.63, 3.8) is 0 Å². The molecule has 0 N–H and O–H groups in total. The number of carbonyl (C=O) groups excluding carboxylic acids is 1. The molecule has 1 saturated heterocycles. The molecule has 5 rings (SSSR count). The van der Waals surface area contributed by atoms with Gasteiger partial charge in [0.2, 0.25) is 0 Å². The van der Waals surface area contributed by atoms with E-state index in [2.05, 4.69) is 5.10 Å². The lowest BCUT2D eigenvalue weighted by atomic mass is 10.1. The fourth-order valence-corrected chi connectivity index (χ4v) is 6.02. The average molecular weight is 474 g/mol. The summed E-state index contributed by atoms with van der Waals surface area (Å²) in [6.07, 6.45) is 2.45. The van der Waals surface area contributed by atoms with Gasteiger partial charge in [-0.15, -0.1) is 0 Å². The second kappa shape index (κ2) is 8.09. The van der Waals surface area contributed by atoms with Gasteiger partial charge >= 0.3 is 5.97 Å². The highest BCUT2D eigenvalue weighted by molar-refractivity contribution is 7.91. The maximum absolute atomic E-state index is 14.0. The summed E-state index contributed by atoms with van der Waals surface area (Å²) in [7, 11) is -1.73. The van der Waals surface area contributed by atoms with Gasteiger partial charge in [-0.2, -0.15) is 5.10 Å². The van der Waals surface area contributed by atoms with E-state index in [0.717, 1.165) is 18.5 Å². The predicted molar refractivity (Wildman–Crippen MR) is 119 cm³/mol. The minimum absolute atomic E-state index is 0.0152. The molecule has 0 radical (unpaired) electrons. The molecule has 1 saturated carbocycles. The van der Waals surface area contributed by atoms with Crippen molar-refractivity contribution in [3.8, 4) is 5.75 Å². The number of pyridine rings is 1. The van der Waals surface area contributed by atoms with Crippen LogP contribution in [0.15, 0.2) is 24.3 Å². The summed E-state index contributed by atoms with van der Waals surface area (Å²) in [4.78, 5) is 17.9. The molecule has 3 aromatic rings. The Bertz CT molecular complexity index is 1360. The molecule has 8 nitrogen and oxygen atoms in total. The molecule has 0 spiro atoms. The maximum atomic E-state index is 14.0. The summed E-state index contributed by atoms with van der Waals surface area (Å²) in [6, 6.07) is 5.84. The average Bonchev–Trinajstić information content (AvgIpc) is 3.50. The number of carbonyl (C=O) groups is 1. The van der Waals surface area contributed by atoms with Crippen LogP contribution in [0.25, 0.3) is 11.0 Å². The van der Waals surface area contributed by atoms with Gasteiger partial charge in [0.15, 0.2) is 27.1 Å². The SMILES string of the molecule is COc1ccc(COC(=O)c2cc(C3CC3)nc3c2c(C)nn3C2CCS(=O)(=O)C2)cc1F. The Kier molecular flexibility index (Phi) is 5.35. The number of sulfone groups is 1. The summed E-state index contributed by atoms with van der Waals surface area (Å²) in [5.41, 5.74) is 2.73. The molecule has 2 aliphatic rings. The molecule has 3 heterocycles. The van der Waals surface area contributed by atoms with Crippen molar-refractivity contribution >= 4 is 26.8 Å². The van der Waals surface area contributed by atoms with E-state index in [9.17, 15) is 17.6 Å². The van der Waals surface area contributed by atoms with E-state index in [-0.39, 0.29) is 35.8 Å². The van der Waals surface area contributed by atoms with Gasteiger partial charge in [0.25, 0.3) is 0 Å². The van der Waals surface area contributed by atoms with Gasteiger partial charge in [-0.1, -0.05) is 6.07 Å². The zero-order valence-electron chi connectivity index (χ0n) is 18.4. The molecular formula is C23H24FN3O5S. The first-order valence-electron chi connectivity index (χ1n) is 10.9. The van der Waals surface area contributed by atoms with Crippen molar-refractivity contribution < 1.29 is 27.1 Å². The third-order valence-corrected chi connectivity index (χ3v) is 7.96. The summed E-state index contributed by atoms with van der Waals surface area (Å²) >= 11 is 0. The number of rotatable bonds is 6. The van der Waals surface area contributed by atoms with Crippen LogP contribution < -0.4 is 4.74 Å². The molecule has 1 aromatic carbocycles. The minimum Gasteiger partial charge on any atom is -0.494 e. The van der Waals surface area contributed by atoms with E-state index in [4.69, 9.17) is 14.5 Å². The van der Waals surface area contributed by atoms with Gasteiger partial charge in [0, 0.05) is 11.6 Å². The first-order valence-corrected chi connectivity index (χ1v) is 12.7. The molecule has 1 aliphatic heterocycles.